The molecule has 1 amide bonds. The van der Waals surface area contributed by atoms with Crippen molar-refractivity contribution in [3.8, 4) is 11.1 Å². The van der Waals surface area contributed by atoms with Crippen molar-refractivity contribution in [1.82, 2.24) is 14.9 Å². The first-order chi connectivity index (χ1) is 17.6. The maximum Gasteiger partial charge on any atom is 0.224 e. The number of hydrogen-bond donors (Lipinski definition) is 1. The number of carbonyl (C=O) groups excluding carboxylic acids is 1. The second-order valence-corrected chi connectivity index (χ2v) is 9.05. The standard InChI is InChI=1S/C30H25ClFN3O/c31-25-9-6-10-26(32)24(25)20-35-28-12-5-4-11-27(28)34-29(35)17-18-33-30(36)19-21-13-15-23(16-14-21)22-7-2-1-3-8-22/h1-16H,17-20H2,(H,33,36). The number of halogens is 2. The molecule has 36 heavy (non-hydrogen) atoms. The van der Waals surface area contributed by atoms with Gasteiger partial charge in [-0.2, -0.15) is 0 Å². The van der Waals surface area contributed by atoms with Gasteiger partial charge in [-0.15, -0.1) is 0 Å². The van der Waals surface area contributed by atoms with Crippen LogP contribution in [0, 0.1) is 5.82 Å². The summed E-state index contributed by atoms with van der Waals surface area (Å²) in [6.45, 7) is 0.693. The Kier molecular flexibility index (Phi) is 7.10. The minimum Gasteiger partial charge on any atom is -0.355 e. The highest BCUT2D eigenvalue weighted by Crippen LogP contribution is 2.24. The van der Waals surface area contributed by atoms with Gasteiger partial charge in [0.05, 0.1) is 24.0 Å². The molecular formula is C30H25ClFN3O. The summed E-state index contributed by atoms with van der Waals surface area (Å²) in [5, 5.41) is 3.37. The number of hydrogen-bond acceptors (Lipinski definition) is 2. The Hall–Kier alpha value is -3.96. The van der Waals surface area contributed by atoms with Gasteiger partial charge in [0.1, 0.15) is 11.6 Å². The highest BCUT2D eigenvalue weighted by atomic mass is 35.5. The van der Waals surface area contributed by atoms with Crippen molar-refractivity contribution in [3.05, 3.63) is 125 Å². The Morgan fingerprint density at radius 2 is 1.58 bits per heavy atom. The molecular weight excluding hydrogens is 473 g/mol. The Morgan fingerprint density at radius 1 is 0.861 bits per heavy atom. The number of imidazole rings is 1. The lowest BCUT2D eigenvalue weighted by atomic mass is 10.0. The third-order valence-corrected chi connectivity index (χ3v) is 6.56. The quantitative estimate of drug-likeness (QED) is 0.268. The zero-order valence-corrected chi connectivity index (χ0v) is 20.4. The molecule has 0 bridgehead atoms. The van der Waals surface area contributed by atoms with E-state index < -0.39 is 0 Å². The zero-order valence-electron chi connectivity index (χ0n) is 19.6. The van der Waals surface area contributed by atoms with Crippen molar-refractivity contribution in [3.63, 3.8) is 0 Å². The van der Waals surface area contributed by atoms with Crippen molar-refractivity contribution in [1.29, 1.82) is 0 Å². The van der Waals surface area contributed by atoms with Crippen LogP contribution in [-0.2, 0) is 24.2 Å². The first kappa shape index (κ1) is 23.8. The molecule has 0 fully saturated rings. The van der Waals surface area contributed by atoms with Crippen molar-refractivity contribution in [2.75, 3.05) is 6.54 Å². The minimum atomic E-state index is -0.349. The number of rotatable bonds is 8. The first-order valence-corrected chi connectivity index (χ1v) is 12.2. The molecule has 1 N–H and O–H groups in total. The average molecular weight is 498 g/mol. The van der Waals surface area contributed by atoms with Crippen LogP contribution in [0.4, 0.5) is 4.39 Å². The van der Waals surface area contributed by atoms with E-state index in [0.717, 1.165) is 33.5 Å². The lowest BCUT2D eigenvalue weighted by Crippen LogP contribution is -2.28. The first-order valence-electron chi connectivity index (χ1n) is 11.9. The van der Waals surface area contributed by atoms with Gasteiger partial charge >= 0.3 is 0 Å². The molecule has 4 nitrogen and oxygen atoms in total. The van der Waals surface area contributed by atoms with Crippen LogP contribution in [0.2, 0.25) is 5.02 Å². The third-order valence-electron chi connectivity index (χ3n) is 6.21. The van der Waals surface area contributed by atoms with Crippen LogP contribution in [0.25, 0.3) is 22.2 Å². The number of fused-ring (bicyclic) bond motifs is 1. The van der Waals surface area contributed by atoms with Crippen LogP contribution in [-0.4, -0.2) is 22.0 Å². The molecule has 1 heterocycles. The summed E-state index contributed by atoms with van der Waals surface area (Å²) in [6, 6.07) is 30.6. The summed E-state index contributed by atoms with van der Waals surface area (Å²) >= 11 is 6.29. The van der Waals surface area contributed by atoms with Crippen LogP contribution in [0.1, 0.15) is 17.0 Å². The number of benzene rings is 4. The second-order valence-electron chi connectivity index (χ2n) is 8.64. The van der Waals surface area contributed by atoms with E-state index in [-0.39, 0.29) is 18.3 Å². The normalized spacial score (nSPS) is 11.1. The molecule has 0 aliphatic carbocycles. The van der Waals surface area contributed by atoms with Crippen LogP contribution in [0.5, 0.6) is 0 Å². The van der Waals surface area contributed by atoms with Gasteiger partial charge in [-0.05, 0) is 41.0 Å². The highest BCUT2D eigenvalue weighted by molar-refractivity contribution is 6.31. The summed E-state index contributed by atoms with van der Waals surface area (Å²) in [4.78, 5) is 17.3. The van der Waals surface area contributed by atoms with E-state index >= 15 is 0 Å². The zero-order chi connectivity index (χ0) is 24.9. The van der Waals surface area contributed by atoms with Crippen LogP contribution < -0.4 is 5.32 Å². The molecule has 180 valence electrons. The predicted octanol–water partition coefficient (Wildman–Crippen LogP) is 6.45. The molecule has 1 aromatic heterocycles. The van der Waals surface area contributed by atoms with E-state index in [1.807, 2.05) is 71.3 Å². The molecule has 0 aliphatic heterocycles. The third kappa shape index (κ3) is 5.31. The molecule has 5 aromatic rings. The largest absolute Gasteiger partial charge is 0.355 e. The molecule has 6 heteroatoms. The number of amides is 1. The van der Waals surface area contributed by atoms with E-state index in [1.165, 1.54) is 6.07 Å². The topological polar surface area (TPSA) is 46.9 Å². The summed E-state index contributed by atoms with van der Waals surface area (Å²) in [6.07, 6.45) is 0.815. The fourth-order valence-electron chi connectivity index (χ4n) is 4.34. The maximum atomic E-state index is 14.5. The SMILES string of the molecule is O=C(Cc1ccc(-c2ccccc2)cc1)NCCc1nc2ccccc2n1Cc1c(F)cccc1Cl. The van der Waals surface area contributed by atoms with Gasteiger partial charge in [-0.1, -0.05) is 84.4 Å². The fourth-order valence-corrected chi connectivity index (χ4v) is 4.56. The molecule has 0 atom stereocenters. The second kappa shape index (κ2) is 10.8. The average Bonchev–Trinajstić information content (AvgIpc) is 3.24. The van der Waals surface area contributed by atoms with Crippen LogP contribution >= 0.6 is 11.6 Å². The summed E-state index contributed by atoms with van der Waals surface area (Å²) in [5.74, 6) is 0.364. The molecule has 0 spiro atoms. The lowest BCUT2D eigenvalue weighted by Gasteiger charge is -2.12. The van der Waals surface area contributed by atoms with Gasteiger partial charge in [-0.3, -0.25) is 4.79 Å². The van der Waals surface area contributed by atoms with Gasteiger partial charge in [0.15, 0.2) is 0 Å². The van der Waals surface area contributed by atoms with Gasteiger partial charge in [-0.25, -0.2) is 9.37 Å². The van der Waals surface area contributed by atoms with E-state index in [1.54, 1.807) is 12.1 Å². The van der Waals surface area contributed by atoms with E-state index in [9.17, 15) is 9.18 Å². The predicted molar refractivity (Wildman–Crippen MR) is 143 cm³/mol. The van der Waals surface area contributed by atoms with Gasteiger partial charge in [0, 0.05) is 23.6 Å². The van der Waals surface area contributed by atoms with Crippen molar-refractivity contribution in [2.24, 2.45) is 0 Å². The van der Waals surface area contributed by atoms with Crippen molar-refractivity contribution < 1.29 is 9.18 Å². The summed E-state index contributed by atoms with van der Waals surface area (Å²) in [5.41, 5.74) is 5.36. The fraction of sp³-hybridized carbons (Fsp3) is 0.133. The van der Waals surface area contributed by atoms with E-state index in [0.29, 0.717) is 30.0 Å². The van der Waals surface area contributed by atoms with E-state index in [4.69, 9.17) is 16.6 Å². The molecule has 0 saturated heterocycles. The number of para-hydroxylation sites is 2. The smallest absolute Gasteiger partial charge is 0.224 e. The summed E-state index contributed by atoms with van der Waals surface area (Å²) < 4.78 is 16.5. The number of aromatic nitrogens is 2. The molecule has 0 unspecified atom stereocenters. The monoisotopic (exact) mass is 497 g/mol. The highest BCUT2D eigenvalue weighted by Gasteiger charge is 2.15. The number of nitrogens with one attached hydrogen (secondary N) is 1. The Bertz CT molecular complexity index is 1480. The molecule has 5 rings (SSSR count). The Labute approximate surface area is 214 Å². The van der Waals surface area contributed by atoms with E-state index in [2.05, 4.69) is 17.4 Å². The van der Waals surface area contributed by atoms with Crippen LogP contribution in [0.15, 0.2) is 97.1 Å². The summed E-state index contributed by atoms with van der Waals surface area (Å²) in [7, 11) is 0. The Morgan fingerprint density at radius 3 is 2.36 bits per heavy atom. The number of nitrogens with zero attached hydrogens (tertiary/aromatic N) is 2. The lowest BCUT2D eigenvalue weighted by molar-refractivity contribution is -0.120. The van der Waals surface area contributed by atoms with Crippen LogP contribution in [0.3, 0.4) is 0 Å². The molecule has 4 aromatic carbocycles. The van der Waals surface area contributed by atoms with Gasteiger partial charge in [0.2, 0.25) is 5.91 Å². The number of carbonyl (C=O) groups is 1. The van der Waals surface area contributed by atoms with Gasteiger partial charge < -0.3 is 9.88 Å². The Balaban J connectivity index is 1.24. The van der Waals surface area contributed by atoms with Gasteiger partial charge in [0.25, 0.3) is 0 Å². The molecule has 0 aliphatic rings. The molecule has 0 saturated carbocycles. The minimum absolute atomic E-state index is 0.0535. The van der Waals surface area contributed by atoms with Crippen molar-refractivity contribution in [2.45, 2.75) is 19.4 Å². The molecule has 0 radical (unpaired) electrons. The van der Waals surface area contributed by atoms with Crippen molar-refractivity contribution >= 4 is 28.5 Å². The maximum absolute atomic E-state index is 14.5.